The van der Waals surface area contributed by atoms with Crippen LogP contribution in [0.4, 0.5) is 0 Å². The Labute approximate surface area is 115 Å². The van der Waals surface area contributed by atoms with E-state index in [0.717, 1.165) is 5.56 Å². The lowest BCUT2D eigenvalue weighted by atomic mass is 10.1. The highest BCUT2D eigenvalue weighted by Crippen LogP contribution is 2.21. The number of carboxylic acids is 1. The van der Waals surface area contributed by atoms with Crippen LogP contribution in [0.1, 0.15) is 26.3 Å². The molecule has 0 aromatic heterocycles. The summed E-state index contributed by atoms with van der Waals surface area (Å²) in [6.45, 7) is 0.271. The highest BCUT2D eigenvalue weighted by molar-refractivity contribution is 5.98. The van der Waals surface area contributed by atoms with Crippen molar-refractivity contribution in [1.29, 1.82) is 0 Å². The predicted molar refractivity (Wildman–Crippen MR) is 72.7 cm³/mol. The van der Waals surface area contributed by atoms with Crippen LogP contribution in [0.5, 0.6) is 5.75 Å². The van der Waals surface area contributed by atoms with Crippen LogP contribution in [0.15, 0.2) is 48.5 Å². The molecule has 0 bridgehead atoms. The number of nitrogens with two attached hydrogens (primary N) is 1. The number of amides is 1. The molecule has 0 saturated carbocycles. The summed E-state index contributed by atoms with van der Waals surface area (Å²) in [5, 5.41) is 8.90. The maximum absolute atomic E-state index is 11.4. The summed E-state index contributed by atoms with van der Waals surface area (Å²) >= 11 is 0. The predicted octanol–water partition coefficient (Wildman–Crippen LogP) is 2.06. The summed E-state index contributed by atoms with van der Waals surface area (Å²) in [4.78, 5) is 22.2. The van der Waals surface area contributed by atoms with E-state index in [9.17, 15) is 9.59 Å². The molecule has 0 unspecified atom stereocenters. The molecule has 0 aliphatic heterocycles. The first kappa shape index (κ1) is 13.6. The third-order valence-corrected chi connectivity index (χ3v) is 2.73. The Kier molecular flexibility index (Phi) is 4.00. The maximum Gasteiger partial charge on any atom is 0.335 e. The number of hydrogen-bond acceptors (Lipinski definition) is 3. The van der Waals surface area contributed by atoms with E-state index in [4.69, 9.17) is 15.6 Å². The Morgan fingerprint density at radius 1 is 1.10 bits per heavy atom. The van der Waals surface area contributed by atoms with Crippen LogP contribution in [0.3, 0.4) is 0 Å². The van der Waals surface area contributed by atoms with Gasteiger partial charge in [-0.05, 0) is 23.8 Å². The zero-order valence-corrected chi connectivity index (χ0v) is 10.6. The van der Waals surface area contributed by atoms with Gasteiger partial charge in [-0.3, -0.25) is 4.79 Å². The Balaban J connectivity index is 2.23. The van der Waals surface area contributed by atoms with Gasteiger partial charge in [0.05, 0.1) is 11.1 Å². The second-order valence-electron chi connectivity index (χ2n) is 4.15. The smallest absolute Gasteiger partial charge is 0.335 e. The minimum Gasteiger partial charge on any atom is -0.488 e. The van der Waals surface area contributed by atoms with Gasteiger partial charge in [-0.2, -0.15) is 0 Å². The van der Waals surface area contributed by atoms with E-state index < -0.39 is 11.9 Å². The van der Waals surface area contributed by atoms with Crippen LogP contribution in [0.2, 0.25) is 0 Å². The van der Waals surface area contributed by atoms with Gasteiger partial charge in [0.1, 0.15) is 12.4 Å². The molecule has 1 amide bonds. The first-order chi connectivity index (χ1) is 9.58. The summed E-state index contributed by atoms with van der Waals surface area (Å²) in [6, 6.07) is 13.4. The molecule has 20 heavy (non-hydrogen) atoms. The minimum absolute atomic E-state index is 0.00846. The van der Waals surface area contributed by atoms with Crippen LogP contribution in [0.25, 0.3) is 0 Å². The number of primary amides is 1. The van der Waals surface area contributed by atoms with E-state index in [1.807, 2.05) is 30.3 Å². The fourth-order valence-electron chi connectivity index (χ4n) is 1.72. The van der Waals surface area contributed by atoms with Crippen molar-refractivity contribution in [2.75, 3.05) is 0 Å². The fraction of sp³-hybridized carbons (Fsp3) is 0.0667. The standard InChI is InChI=1S/C15H13NO4/c16-14(17)12-8-11(15(18)19)6-7-13(12)20-9-10-4-2-1-3-5-10/h1-8H,9H2,(H2,16,17)(H,18,19). The number of aromatic carboxylic acids is 1. The molecule has 2 rings (SSSR count). The zero-order chi connectivity index (χ0) is 14.5. The Bertz CT molecular complexity index is 638. The van der Waals surface area contributed by atoms with E-state index in [2.05, 4.69) is 0 Å². The molecule has 0 fully saturated rings. The minimum atomic E-state index is -1.12. The summed E-state index contributed by atoms with van der Waals surface area (Å²) in [6.07, 6.45) is 0. The van der Waals surface area contributed by atoms with Crippen molar-refractivity contribution in [1.82, 2.24) is 0 Å². The van der Waals surface area contributed by atoms with Gasteiger partial charge in [0.25, 0.3) is 5.91 Å². The van der Waals surface area contributed by atoms with Crippen molar-refractivity contribution in [3.05, 3.63) is 65.2 Å². The van der Waals surface area contributed by atoms with Gasteiger partial charge in [-0.1, -0.05) is 30.3 Å². The monoisotopic (exact) mass is 271 g/mol. The first-order valence-corrected chi connectivity index (χ1v) is 5.92. The van der Waals surface area contributed by atoms with E-state index in [0.29, 0.717) is 0 Å². The summed E-state index contributed by atoms with van der Waals surface area (Å²) < 4.78 is 5.53. The molecule has 0 radical (unpaired) electrons. The van der Waals surface area contributed by atoms with Gasteiger partial charge in [0, 0.05) is 0 Å². The first-order valence-electron chi connectivity index (χ1n) is 5.92. The normalized spacial score (nSPS) is 10.0. The van der Waals surface area contributed by atoms with Crippen molar-refractivity contribution < 1.29 is 19.4 Å². The summed E-state index contributed by atoms with van der Waals surface area (Å²) in [5.41, 5.74) is 6.22. The topological polar surface area (TPSA) is 89.6 Å². The lowest BCUT2D eigenvalue weighted by Gasteiger charge is -2.10. The van der Waals surface area contributed by atoms with Gasteiger partial charge in [0.15, 0.2) is 0 Å². The number of carboxylic acid groups (broad SMARTS) is 1. The molecule has 0 saturated heterocycles. The molecular weight excluding hydrogens is 258 g/mol. The number of ether oxygens (including phenoxy) is 1. The van der Waals surface area contributed by atoms with Crippen molar-refractivity contribution in [3.63, 3.8) is 0 Å². The molecule has 0 spiro atoms. The molecule has 0 aliphatic carbocycles. The summed E-state index contributed by atoms with van der Waals surface area (Å²) in [7, 11) is 0. The second kappa shape index (κ2) is 5.88. The molecule has 5 nitrogen and oxygen atoms in total. The number of rotatable bonds is 5. The maximum atomic E-state index is 11.4. The molecule has 102 valence electrons. The molecule has 0 aliphatic rings. The molecular formula is C15H13NO4. The van der Waals surface area contributed by atoms with Crippen LogP contribution >= 0.6 is 0 Å². The molecule has 0 atom stereocenters. The molecule has 3 N–H and O–H groups in total. The van der Waals surface area contributed by atoms with Gasteiger partial charge >= 0.3 is 5.97 Å². The zero-order valence-electron chi connectivity index (χ0n) is 10.6. The van der Waals surface area contributed by atoms with E-state index in [-0.39, 0.29) is 23.5 Å². The third-order valence-electron chi connectivity index (χ3n) is 2.73. The van der Waals surface area contributed by atoms with Crippen LogP contribution in [-0.4, -0.2) is 17.0 Å². The van der Waals surface area contributed by atoms with Gasteiger partial charge < -0.3 is 15.6 Å². The molecule has 2 aromatic rings. The van der Waals surface area contributed by atoms with Crippen molar-refractivity contribution in [3.8, 4) is 5.75 Å². The van der Waals surface area contributed by atoms with Gasteiger partial charge in [-0.15, -0.1) is 0 Å². The molecule has 0 heterocycles. The summed E-state index contributed by atoms with van der Waals surface area (Å²) in [5.74, 6) is -1.58. The van der Waals surface area contributed by atoms with Crippen LogP contribution < -0.4 is 10.5 Å². The van der Waals surface area contributed by atoms with Crippen molar-refractivity contribution >= 4 is 11.9 Å². The van der Waals surface area contributed by atoms with Gasteiger partial charge in [0.2, 0.25) is 0 Å². The molecule has 5 heteroatoms. The number of carbonyl (C=O) groups excluding carboxylic acids is 1. The Hall–Kier alpha value is -2.82. The second-order valence-corrected chi connectivity index (χ2v) is 4.15. The number of hydrogen-bond donors (Lipinski definition) is 2. The van der Waals surface area contributed by atoms with Crippen LogP contribution in [0, 0.1) is 0 Å². The van der Waals surface area contributed by atoms with E-state index in [1.165, 1.54) is 18.2 Å². The highest BCUT2D eigenvalue weighted by atomic mass is 16.5. The van der Waals surface area contributed by atoms with E-state index >= 15 is 0 Å². The van der Waals surface area contributed by atoms with Crippen molar-refractivity contribution in [2.45, 2.75) is 6.61 Å². The number of carbonyl (C=O) groups is 2. The van der Waals surface area contributed by atoms with Crippen molar-refractivity contribution in [2.24, 2.45) is 5.73 Å². The molecule has 2 aromatic carbocycles. The Morgan fingerprint density at radius 2 is 1.80 bits per heavy atom. The largest absolute Gasteiger partial charge is 0.488 e. The number of benzene rings is 2. The quantitative estimate of drug-likeness (QED) is 0.871. The SMILES string of the molecule is NC(=O)c1cc(C(=O)O)ccc1OCc1ccccc1. The van der Waals surface area contributed by atoms with Gasteiger partial charge in [-0.25, -0.2) is 4.79 Å². The third kappa shape index (κ3) is 3.14. The lowest BCUT2D eigenvalue weighted by molar-refractivity contribution is 0.0697. The van der Waals surface area contributed by atoms with E-state index in [1.54, 1.807) is 0 Å². The average Bonchev–Trinajstić information content (AvgIpc) is 2.45. The van der Waals surface area contributed by atoms with Crippen LogP contribution in [-0.2, 0) is 6.61 Å². The fourth-order valence-corrected chi connectivity index (χ4v) is 1.72. The average molecular weight is 271 g/mol. The lowest BCUT2D eigenvalue weighted by Crippen LogP contribution is -2.14. The highest BCUT2D eigenvalue weighted by Gasteiger charge is 2.13. The Morgan fingerprint density at radius 3 is 2.40 bits per heavy atom.